The summed E-state index contributed by atoms with van der Waals surface area (Å²) in [4.78, 5) is 9.24. The standard InChI is InChI=1S/C21H37N5O.HI/c1-5-25(6-2)15-10-9-14-23-21(22-3)24-18-13-16-26(17-18)19-11-7-8-12-20(19)27-4;/h7-8,11-12,18H,5-6,9-10,13-17H2,1-4H3,(H2,22,23,24);1H. The highest BCUT2D eigenvalue weighted by Crippen LogP contribution is 2.30. The van der Waals surface area contributed by atoms with Gasteiger partial charge < -0.3 is 25.2 Å². The number of ether oxygens (including phenoxy) is 1. The molecule has 0 radical (unpaired) electrons. The second-order valence-electron chi connectivity index (χ2n) is 6.98. The molecule has 1 fully saturated rings. The van der Waals surface area contributed by atoms with Crippen LogP contribution in [-0.2, 0) is 0 Å². The summed E-state index contributed by atoms with van der Waals surface area (Å²) in [5.74, 6) is 1.85. The quantitative estimate of drug-likeness (QED) is 0.222. The lowest BCUT2D eigenvalue weighted by Gasteiger charge is -2.22. The van der Waals surface area contributed by atoms with Gasteiger partial charge in [-0.05, 0) is 51.0 Å². The predicted octanol–water partition coefficient (Wildman–Crippen LogP) is 3.18. The summed E-state index contributed by atoms with van der Waals surface area (Å²) in [5.41, 5.74) is 1.17. The molecule has 0 aromatic heterocycles. The van der Waals surface area contributed by atoms with Gasteiger partial charge in [0.25, 0.3) is 0 Å². The van der Waals surface area contributed by atoms with Gasteiger partial charge in [-0.25, -0.2) is 0 Å². The van der Waals surface area contributed by atoms with Crippen molar-refractivity contribution in [2.75, 3.05) is 58.3 Å². The molecular formula is C21H38IN5O. The van der Waals surface area contributed by atoms with Crippen LogP contribution in [0.2, 0.25) is 0 Å². The topological polar surface area (TPSA) is 52.1 Å². The first-order valence-electron chi connectivity index (χ1n) is 10.3. The lowest BCUT2D eigenvalue weighted by Crippen LogP contribution is -2.45. The number of halogens is 1. The third-order valence-electron chi connectivity index (χ3n) is 5.27. The van der Waals surface area contributed by atoms with E-state index >= 15 is 0 Å². The summed E-state index contributed by atoms with van der Waals surface area (Å²) in [5, 5.41) is 7.03. The molecule has 1 aromatic carbocycles. The summed E-state index contributed by atoms with van der Waals surface area (Å²) in [6.07, 6.45) is 3.48. The van der Waals surface area contributed by atoms with Crippen LogP contribution < -0.4 is 20.3 Å². The minimum absolute atomic E-state index is 0. The van der Waals surface area contributed by atoms with Gasteiger partial charge in [0.15, 0.2) is 5.96 Å². The zero-order chi connectivity index (χ0) is 19.5. The van der Waals surface area contributed by atoms with Crippen LogP contribution in [-0.4, -0.2) is 70.3 Å². The molecule has 2 rings (SSSR count). The fourth-order valence-electron chi connectivity index (χ4n) is 3.58. The van der Waals surface area contributed by atoms with Crippen LogP contribution in [0, 0.1) is 0 Å². The van der Waals surface area contributed by atoms with Crippen LogP contribution in [0.25, 0.3) is 0 Å². The SMILES string of the molecule is CCN(CC)CCCCNC(=NC)NC1CCN(c2ccccc2OC)C1.I. The van der Waals surface area contributed by atoms with E-state index in [0.29, 0.717) is 6.04 Å². The molecule has 7 heteroatoms. The van der Waals surface area contributed by atoms with Gasteiger partial charge in [-0.15, -0.1) is 24.0 Å². The van der Waals surface area contributed by atoms with Crippen molar-refractivity contribution in [2.45, 2.75) is 39.2 Å². The first kappa shape index (κ1) is 24.8. The minimum Gasteiger partial charge on any atom is -0.495 e. The molecule has 28 heavy (non-hydrogen) atoms. The molecule has 1 unspecified atom stereocenters. The van der Waals surface area contributed by atoms with Crippen molar-refractivity contribution in [1.29, 1.82) is 0 Å². The third kappa shape index (κ3) is 7.66. The Morgan fingerprint density at radius 1 is 1.25 bits per heavy atom. The van der Waals surface area contributed by atoms with Crippen LogP contribution in [0.5, 0.6) is 5.75 Å². The molecule has 1 aliphatic heterocycles. The molecule has 1 saturated heterocycles. The summed E-state index contributed by atoms with van der Waals surface area (Å²) in [6.45, 7) is 10.9. The fourth-order valence-corrected chi connectivity index (χ4v) is 3.58. The van der Waals surface area contributed by atoms with Gasteiger partial charge in [-0.1, -0.05) is 26.0 Å². The van der Waals surface area contributed by atoms with Crippen molar-refractivity contribution < 1.29 is 4.74 Å². The van der Waals surface area contributed by atoms with Crippen LogP contribution in [0.1, 0.15) is 33.1 Å². The molecule has 0 saturated carbocycles. The zero-order valence-electron chi connectivity index (χ0n) is 17.9. The van der Waals surface area contributed by atoms with Gasteiger partial charge in [-0.3, -0.25) is 4.99 Å². The maximum absolute atomic E-state index is 5.50. The van der Waals surface area contributed by atoms with E-state index in [9.17, 15) is 0 Å². The van der Waals surface area contributed by atoms with Crippen molar-refractivity contribution in [3.05, 3.63) is 24.3 Å². The molecule has 160 valence electrons. The second-order valence-corrected chi connectivity index (χ2v) is 6.98. The highest BCUT2D eigenvalue weighted by atomic mass is 127. The van der Waals surface area contributed by atoms with E-state index in [1.165, 1.54) is 18.7 Å². The van der Waals surface area contributed by atoms with Gasteiger partial charge in [0.2, 0.25) is 0 Å². The lowest BCUT2D eigenvalue weighted by atomic mass is 10.2. The predicted molar refractivity (Wildman–Crippen MR) is 131 cm³/mol. The van der Waals surface area contributed by atoms with Crippen molar-refractivity contribution in [3.8, 4) is 5.75 Å². The highest BCUT2D eigenvalue weighted by molar-refractivity contribution is 14.0. The van der Waals surface area contributed by atoms with Gasteiger partial charge in [0.05, 0.1) is 12.8 Å². The molecule has 0 spiro atoms. The normalized spacial score (nSPS) is 16.8. The molecule has 1 aromatic rings. The highest BCUT2D eigenvalue weighted by Gasteiger charge is 2.25. The number of nitrogens with one attached hydrogen (secondary N) is 2. The summed E-state index contributed by atoms with van der Waals surface area (Å²) >= 11 is 0. The van der Waals surface area contributed by atoms with Crippen LogP contribution >= 0.6 is 24.0 Å². The van der Waals surface area contributed by atoms with E-state index in [0.717, 1.165) is 57.3 Å². The number of benzene rings is 1. The largest absolute Gasteiger partial charge is 0.495 e. The Hall–Kier alpha value is -1.22. The number of anilines is 1. The number of rotatable bonds is 10. The average Bonchev–Trinajstić information content (AvgIpc) is 3.18. The van der Waals surface area contributed by atoms with Gasteiger partial charge in [0, 0.05) is 32.7 Å². The number of nitrogens with zero attached hydrogens (tertiary/aromatic N) is 3. The monoisotopic (exact) mass is 503 g/mol. The Balaban J connectivity index is 0.00000392. The Morgan fingerprint density at radius 3 is 2.68 bits per heavy atom. The molecule has 1 heterocycles. The average molecular weight is 503 g/mol. The summed E-state index contributed by atoms with van der Waals surface area (Å²) in [7, 11) is 3.58. The molecule has 0 amide bonds. The van der Waals surface area contributed by atoms with E-state index in [2.05, 4.69) is 51.4 Å². The van der Waals surface area contributed by atoms with Crippen LogP contribution in [0.15, 0.2) is 29.3 Å². The number of para-hydroxylation sites is 2. The van der Waals surface area contributed by atoms with E-state index < -0.39 is 0 Å². The second kappa shape index (κ2) is 13.9. The first-order valence-corrected chi connectivity index (χ1v) is 10.3. The molecule has 1 atom stereocenters. The third-order valence-corrected chi connectivity index (χ3v) is 5.27. The molecule has 0 bridgehead atoms. The fraction of sp³-hybridized carbons (Fsp3) is 0.667. The molecule has 1 aliphatic rings. The number of unbranched alkanes of at least 4 members (excludes halogenated alkanes) is 1. The lowest BCUT2D eigenvalue weighted by molar-refractivity contribution is 0.297. The van der Waals surface area contributed by atoms with Gasteiger partial charge in [0.1, 0.15) is 5.75 Å². The van der Waals surface area contributed by atoms with Crippen LogP contribution in [0.3, 0.4) is 0 Å². The Labute approximate surface area is 188 Å². The molecule has 2 N–H and O–H groups in total. The number of guanidine groups is 1. The zero-order valence-corrected chi connectivity index (χ0v) is 20.2. The van der Waals surface area contributed by atoms with Crippen molar-refractivity contribution in [3.63, 3.8) is 0 Å². The van der Waals surface area contributed by atoms with Gasteiger partial charge >= 0.3 is 0 Å². The number of aliphatic imine (C=N–C) groups is 1. The maximum Gasteiger partial charge on any atom is 0.191 e. The summed E-state index contributed by atoms with van der Waals surface area (Å²) < 4.78 is 5.50. The number of hydrogen-bond acceptors (Lipinski definition) is 4. The first-order chi connectivity index (χ1) is 13.2. The summed E-state index contributed by atoms with van der Waals surface area (Å²) in [6, 6.07) is 8.63. The molecular weight excluding hydrogens is 465 g/mol. The number of hydrogen-bond donors (Lipinski definition) is 2. The maximum atomic E-state index is 5.50. The number of methoxy groups -OCH3 is 1. The van der Waals surface area contributed by atoms with Gasteiger partial charge in [-0.2, -0.15) is 0 Å². The Kier molecular flexibility index (Phi) is 12.3. The van der Waals surface area contributed by atoms with E-state index in [-0.39, 0.29) is 24.0 Å². The van der Waals surface area contributed by atoms with Crippen molar-refractivity contribution in [2.24, 2.45) is 4.99 Å². The molecule has 6 nitrogen and oxygen atoms in total. The smallest absolute Gasteiger partial charge is 0.191 e. The Bertz CT molecular complexity index is 580. The van der Waals surface area contributed by atoms with E-state index in [1.54, 1.807) is 7.11 Å². The van der Waals surface area contributed by atoms with E-state index in [1.807, 2.05) is 19.2 Å². The van der Waals surface area contributed by atoms with Crippen molar-refractivity contribution >= 4 is 35.6 Å². The molecule has 0 aliphatic carbocycles. The Morgan fingerprint density at radius 2 is 2.00 bits per heavy atom. The van der Waals surface area contributed by atoms with Crippen LogP contribution in [0.4, 0.5) is 5.69 Å². The van der Waals surface area contributed by atoms with E-state index in [4.69, 9.17) is 4.74 Å². The van der Waals surface area contributed by atoms with Crippen molar-refractivity contribution in [1.82, 2.24) is 15.5 Å². The minimum atomic E-state index is 0.